The zero-order chi connectivity index (χ0) is 14.3. The minimum absolute atomic E-state index is 0. The molecular formula is C11H16Cl2F3N3O2. The van der Waals surface area contributed by atoms with Crippen LogP contribution in [0.15, 0.2) is 18.3 Å². The molecule has 0 spiro atoms. The molecule has 0 aromatic carbocycles. The van der Waals surface area contributed by atoms with Gasteiger partial charge in [0.25, 0.3) is 5.91 Å². The van der Waals surface area contributed by atoms with Gasteiger partial charge in [0.05, 0.1) is 0 Å². The summed E-state index contributed by atoms with van der Waals surface area (Å²) in [4.78, 5) is 15.4. The van der Waals surface area contributed by atoms with Crippen molar-refractivity contribution in [2.45, 2.75) is 6.18 Å². The summed E-state index contributed by atoms with van der Waals surface area (Å²) >= 11 is 0. The number of carbonyl (C=O) groups excluding carboxylic acids is 1. The molecule has 1 aromatic heterocycles. The molecule has 0 saturated heterocycles. The average Bonchev–Trinajstić information content (AvgIpc) is 2.36. The lowest BCUT2D eigenvalue weighted by molar-refractivity contribution is -0.154. The highest BCUT2D eigenvalue weighted by Gasteiger charge is 2.29. The van der Waals surface area contributed by atoms with Gasteiger partial charge in [-0.15, -0.1) is 24.8 Å². The van der Waals surface area contributed by atoms with E-state index < -0.39 is 18.7 Å². The molecule has 2 N–H and O–H groups in total. The minimum atomic E-state index is -4.47. The van der Waals surface area contributed by atoms with Crippen LogP contribution in [0.3, 0.4) is 0 Å². The van der Waals surface area contributed by atoms with E-state index in [0.29, 0.717) is 13.1 Å². The van der Waals surface area contributed by atoms with Crippen molar-refractivity contribution < 1.29 is 22.7 Å². The second kappa shape index (κ2) is 10.5. The van der Waals surface area contributed by atoms with Crippen molar-refractivity contribution in [3.05, 3.63) is 23.9 Å². The first kappa shape index (κ1) is 22.0. The van der Waals surface area contributed by atoms with Gasteiger partial charge in [0.2, 0.25) is 5.88 Å². The lowest BCUT2D eigenvalue weighted by Gasteiger charge is -2.11. The Bertz CT molecular complexity index is 433. The fraction of sp³-hybridized carbons (Fsp3) is 0.455. The van der Waals surface area contributed by atoms with Crippen molar-refractivity contribution in [3.8, 4) is 5.88 Å². The van der Waals surface area contributed by atoms with Gasteiger partial charge in [-0.1, -0.05) is 0 Å². The molecule has 1 aromatic rings. The molecule has 0 fully saturated rings. The average molecular weight is 350 g/mol. The number of rotatable bonds is 6. The summed E-state index contributed by atoms with van der Waals surface area (Å²) in [5.41, 5.74) is -0.0251. The molecule has 1 heterocycles. The zero-order valence-electron chi connectivity index (χ0n) is 11.1. The van der Waals surface area contributed by atoms with Crippen LogP contribution >= 0.6 is 24.8 Å². The molecule has 0 saturated carbocycles. The minimum Gasteiger partial charge on any atom is -0.467 e. The molecule has 0 aliphatic rings. The Kier molecular flexibility index (Phi) is 11.0. The number of likely N-dealkylation sites (N-methyl/N-ethyl adjacent to an activating group) is 1. The summed E-state index contributed by atoms with van der Waals surface area (Å²) in [6.07, 6.45) is -3.21. The Morgan fingerprint density at radius 1 is 1.33 bits per heavy atom. The maximum absolute atomic E-state index is 12.1. The van der Waals surface area contributed by atoms with E-state index in [1.165, 1.54) is 18.3 Å². The summed E-state index contributed by atoms with van der Waals surface area (Å²) in [6.45, 7) is -0.589. The van der Waals surface area contributed by atoms with Crippen LogP contribution in [0.1, 0.15) is 10.4 Å². The third kappa shape index (κ3) is 8.59. The number of ether oxygens (including phenoxy) is 1. The SMILES string of the molecule is CNCCNC(=O)c1cccnc1OCC(F)(F)F.Cl.Cl. The summed E-state index contributed by atoms with van der Waals surface area (Å²) in [5.74, 6) is -0.859. The van der Waals surface area contributed by atoms with Crippen LogP contribution in [0, 0.1) is 0 Å². The molecular weight excluding hydrogens is 334 g/mol. The Labute approximate surface area is 132 Å². The Balaban J connectivity index is 0. The molecule has 10 heteroatoms. The molecule has 5 nitrogen and oxygen atoms in total. The van der Waals surface area contributed by atoms with E-state index in [-0.39, 0.29) is 36.3 Å². The van der Waals surface area contributed by atoms with Crippen molar-refractivity contribution in [1.82, 2.24) is 15.6 Å². The van der Waals surface area contributed by atoms with Crippen LogP contribution in [-0.2, 0) is 0 Å². The van der Waals surface area contributed by atoms with E-state index in [0.717, 1.165) is 0 Å². The second-order valence-corrected chi connectivity index (χ2v) is 3.62. The van der Waals surface area contributed by atoms with Gasteiger partial charge in [0.1, 0.15) is 5.56 Å². The number of alkyl halides is 3. The fourth-order valence-corrected chi connectivity index (χ4v) is 1.23. The lowest BCUT2D eigenvalue weighted by Crippen LogP contribution is -2.31. The highest BCUT2D eigenvalue weighted by molar-refractivity contribution is 5.96. The van der Waals surface area contributed by atoms with Gasteiger partial charge in [0.15, 0.2) is 6.61 Å². The van der Waals surface area contributed by atoms with Crippen molar-refractivity contribution in [1.29, 1.82) is 0 Å². The van der Waals surface area contributed by atoms with Gasteiger partial charge in [0, 0.05) is 19.3 Å². The summed E-state index contributed by atoms with van der Waals surface area (Å²) in [6, 6.07) is 2.81. The third-order valence-corrected chi connectivity index (χ3v) is 2.05. The maximum atomic E-state index is 12.1. The first-order valence-electron chi connectivity index (χ1n) is 5.51. The van der Waals surface area contributed by atoms with E-state index in [1.807, 2.05) is 0 Å². The zero-order valence-corrected chi connectivity index (χ0v) is 12.7. The number of nitrogens with zero attached hydrogens (tertiary/aromatic N) is 1. The number of halogens is 5. The molecule has 1 rings (SSSR count). The van der Waals surface area contributed by atoms with Crippen molar-refractivity contribution in [2.24, 2.45) is 0 Å². The molecule has 122 valence electrons. The molecule has 0 aliphatic carbocycles. The summed E-state index contributed by atoms with van der Waals surface area (Å²) < 4.78 is 40.7. The Morgan fingerprint density at radius 3 is 2.57 bits per heavy atom. The predicted octanol–water partition coefficient (Wildman–Crippen LogP) is 1.82. The quantitative estimate of drug-likeness (QED) is 0.769. The number of hydrogen-bond donors (Lipinski definition) is 2. The molecule has 0 unspecified atom stereocenters. The van der Waals surface area contributed by atoms with Crippen LogP contribution in [0.4, 0.5) is 13.2 Å². The molecule has 0 atom stereocenters. The van der Waals surface area contributed by atoms with Crippen molar-refractivity contribution in [3.63, 3.8) is 0 Å². The first-order chi connectivity index (χ1) is 8.94. The molecule has 0 bridgehead atoms. The van der Waals surface area contributed by atoms with Crippen LogP contribution < -0.4 is 15.4 Å². The first-order valence-corrected chi connectivity index (χ1v) is 5.51. The third-order valence-electron chi connectivity index (χ3n) is 2.05. The van der Waals surface area contributed by atoms with E-state index in [4.69, 9.17) is 0 Å². The number of carbonyl (C=O) groups is 1. The number of hydrogen-bond acceptors (Lipinski definition) is 4. The van der Waals surface area contributed by atoms with Gasteiger partial charge in [-0.25, -0.2) is 4.98 Å². The van der Waals surface area contributed by atoms with Crippen LogP contribution in [0.5, 0.6) is 5.88 Å². The second-order valence-electron chi connectivity index (χ2n) is 3.62. The van der Waals surface area contributed by atoms with E-state index in [9.17, 15) is 18.0 Å². The normalized spacial score (nSPS) is 10.1. The maximum Gasteiger partial charge on any atom is 0.422 e. The van der Waals surface area contributed by atoms with Gasteiger partial charge < -0.3 is 15.4 Å². The van der Waals surface area contributed by atoms with Gasteiger partial charge in [-0.05, 0) is 19.2 Å². The molecule has 21 heavy (non-hydrogen) atoms. The Morgan fingerprint density at radius 2 is 2.00 bits per heavy atom. The van der Waals surface area contributed by atoms with Crippen molar-refractivity contribution >= 4 is 30.7 Å². The highest BCUT2D eigenvalue weighted by Crippen LogP contribution is 2.19. The number of nitrogens with one attached hydrogen (secondary N) is 2. The molecule has 0 radical (unpaired) electrons. The van der Waals surface area contributed by atoms with Crippen molar-refractivity contribution in [2.75, 3.05) is 26.7 Å². The Hall–Kier alpha value is -1.25. The van der Waals surface area contributed by atoms with E-state index in [1.54, 1.807) is 7.05 Å². The lowest BCUT2D eigenvalue weighted by atomic mass is 10.2. The van der Waals surface area contributed by atoms with E-state index >= 15 is 0 Å². The predicted molar refractivity (Wildman–Crippen MR) is 76.5 cm³/mol. The van der Waals surface area contributed by atoms with Crippen LogP contribution in [0.2, 0.25) is 0 Å². The number of amides is 1. The van der Waals surface area contributed by atoms with Crippen LogP contribution in [-0.4, -0.2) is 43.8 Å². The number of aromatic nitrogens is 1. The summed E-state index contributed by atoms with van der Waals surface area (Å²) in [5, 5.41) is 5.36. The fourth-order valence-electron chi connectivity index (χ4n) is 1.23. The molecule has 1 amide bonds. The number of pyridine rings is 1. The topological polar surface area (TPSA) is 63.2 Å². The van der Waals surface area contributed by atoms with Gasteiger partial charge in [-0.2, -0.15) is 13.2 Å². The smallest absolute Gasteiger partial charge is 0.422 e. The van der Waals surface area contributed by atoms with Crippen LogP contribution in [0.25, 0.3) is 0 Å². The van der Waals surface area contributed by atoms with E-state index in [2.05, 4.69) is 20.4 Å². The largest absolute Gasteiger partial charge is 0.467 e. The standard InChI is InChI=1S/C11H14F3N3O2.2ClH/c1-15-5-6-16-9(18)8-3-2-4-17-10(8)19-7-11(12,13)14;;/h2-4,15H,5-7H2,1H3,(H,16,18);2*1H. The molecule has 0 aliphatic heterocycles. The van der Waals surface area contributed by atoms with Gasteiger partial charge in [-0.3, -0.25) is 4.79 Å². The highest BCUT2D eigenvalue weighted by atomic mass is 35.5. The van der Waals surface area contributed by atoms with Gasteiger partial charge >= 0.3 is 6.18 Å². The monoisotopic (exact) mass is 349 g/mol. The summed E-state index contributed by atoms with van der Waals surface area (Å²) in [7, 11) is 1.72.